The van der Waals surface area contributed by atoms with E-state index >= 15 is 0 Å². The first-order valence-electron chi connectivity index (χ1n) is 4.26. The maximum absolute atomic E-state index is 13.0. The third kappa shape index (κ3) is 2.58. The first-order chi connectivity index (χ1) is 6.57. The van der Waals surface area contributed by atoms with Gasteiger partial charge in [-0.3, -0.25) is 0 Å². The molecule has 0 aliphatic carbocycles. The van der Waals surface area contributed by atoms with Crippen molar-refractivity contribution in [2.75, 3.05) is 7.11 Å². The summed E-state index contributed by atoms with van der Waals surface area (Å²) in [4.78, 5) is 0. The molecule has 0 saturated carbocycles. The maximum Gasteiger partial charge on any atom is 0.170 e. The van der Waals surface area contributed by atoms with Gasteiger partial charge >= 0.3 is 0 Å². The van der Waals surface area contributed by atoms with Crippen LogP contribution in [0, 0.1) is 18.6 Å². The van der Waals surface area contributed by atoms with E-state index in [9.17, 15) is 8.78 Å². The van der Waals surface area contributed by atoms with Gasteiger partial charge in [0.1, 0.15) is 5.82 Å². The topological polar surface area (TPSA) is 9.23 Å². The number of hydrogen-bond donors (Lipinski definition) is 0. The Morgan fingerprint density at radius 3 is 2.14 bits per heavy atom. The lowest BCUT2D eigenvalue weighted by atomic mass is 10.2. The first-order valence-corrected chi connectivity index (χ1v) is 4.63. The highest BCUT2D eigenvalue weighted by atomic mass is 35.5. The number of methoxy groups -OCH3 is 1. The number of ether oxygens (including phenoxy) is 1. The molecule has 0 radical (unpaired) electrons. The molecule has 0 fully saturated rings. The smallest absolute Gasteiger partial charge is 0.170 e. The van der Waals surface area contributed by atoms with Crippen molar-refractivity contribution in [1.82, 2.24) is 0 Å². The van der Waals surface area contributed by atoms with Crippen molar-refractivity contribution in [3.05, 3.63) is 28.3 Å². The Bertz CT molecular complexity index is 313. The Labute approximate surface area is 87.6 Å². The molecule has 1 nitrogen and oxygen atoms in total. The molecule has 0 atom stereocenters. The van der Waals surface area contributed by atoms with Gasteiger partial charge in [-0.25, -0.2) is 8.78 Å². The average Bonchev–Trinajstić information content (AvgIpc) is 2.23. The predicted octanol–water partition coefficient (Wildman–Crippen LogP) is 3.96. The standard InChI is InChI=1S/C8H7ClF2O.C2H6/c1-4-7(10)5(9)3-6(12-2)8(4)11;1-2/h3H,1-2H3;1-2H3. The molecule has 1 rings (SSSR count). The van der Waals surface area contributed by atoms with E-state index in [1.807, 2.05) is 13.8 Å². The van der Waals surface area contributed by atoms with Crippen molar-refractivity contribution < 1.29 is 13.5 Å². The zero-order valence-corrected chi connectivity index (χ0v) is 9.38. The van der Waals surface area contributed by atoms with Crippen LogP contribution in [0.5, 0.6) is 5.75 Å². The number of benzene rings is 1. The lowest BCUT2D eigenvalue weighted by Gasteiger charge is -2.06. The summed E-state index contributed by atoms with van der Waals surface area (Å²) in [6.45, 7) is 5.30. The van der Waals surface area contributed by atoms with Crippen LogP contribution >= 0.6 is 11.6 Å². The minimum Gasteiger partial charge on any atom is -0.494 e. The molecule has 0 unspecified atom stereocenters. The molecule has 0 aromatic heterocycles. The number of rotatable bonds is 1. The van der Waals surface area contributed by atoms with Crippen LogP contribution < -0.4 is 4.74 Å². The third-order valence-electron chi connectivity index (χ3n) is 1.56. The maximum atomic E-state index is 13.0. The zero-order chi connectivity index (χ0) is 11.3. The summed E-state index contributed by atoms with van der Waals surface area (Å²) in [5.74, 6) is -1.49. The summed E-state index contributed by atoms with van der Waals surface area (Å²) in [7, 11) is 1.30. The molecule has 0 saturated heterocycles. The third-order valence-corrected chi connectivity index (χ3v) is 1.84. The van der Waals surface area contributed by atoms with Gasteiger partial charge < -0.3 is 4.74 Å². The van der Waals surface area contributed by atoms with E-state index in [4.69, 9.17) is 11.6 Å². The largest absolute Gasteiger partial charge is 0.494 e. The highest BCUT2D eigenvalue weighted by molar-refractivity contribution is 6.30. The lowest BCUT2D eigenvalue weighted by molar-refractivity contribution is 0.382. The average molecular weight is 223 g/mol. The van der Waals surface area contributed by atoms with Gasteiger partial charge in [0.25, 0.3) is 0 Å². The summed E-state index contributed by atoms with van der Waals surface area (Å²) in [6.07, 6.45) is 0. The van der Waals surface area contributed by atoms with Crippen molar-refractivity contribution >= 4 is 11.6 Å². The molecule has 0 aliphatic rings. The Morgan fingerprint density at radius 2 is 1.71 bits per heavy atom. The summed E-state index contributed by atoms with van der Waals surface area (Å²) in [5, 5.41) is -0.134. The van der Waals surface area contributed by atoms with E-state index in [2.05, 4.69) is 4.74 Å². The molecular weight excluding hydrogens is 210 g/mol. The molecule has 0 amide bonds. The minimum atomic E-state index is -0.741. The fraction of sp³-hybridized carbons (Fsp3) is 0.400. The van der Waals surface area contributed by atoms with Crippen molar-refractivity contribution in [3.63, 3.8) is 0 Å². The first kappa shape index (κ1) is 13.2. The molecule has 0 N–H and O–H groups in total. The van der Waals surface area contributed by atoms with Gasteiger partial charge in [0.2, 0.25) is 0 Å². The second kappa shape index (κ2) is 5.81. The fourth-order valence-corrected chi connectivity index (χ4v) is 1.09. The van der Waals surface area contributed by atoms with Crippen LogP contribution in [0.3, 0.4) is 0 Å². The van der Waals surface area contributed by atoms with Gasteiger partial charge in [-0.2, -0.15) is 0 Å². The predicted molar refractivity (Wildman–Crippen MR) is 54.0 cm³/mol. The van der Waals surface area contributed by atoms with Crippen molar-refractivity contribution in [3.8, 4) is 5.75 Å². The molecule has 4 heteroatoms. The SMILES string of the molecule is CC.COc1cc(Cl)c(F)c(C)c1F. The van der Waals surface area contributed by atoms with Gasteiger partial charge in [-0.1, -0.05) is 25.4 Å². The molecule has 0 bridgehead atoms. The zero-order valence-electron chi connectivity index (χ0n) is 8.62. The van der Waals surface area contributed by atoms with Crippen LogP contribution in [0.15, 0.2) is 6.07 Å². The second-order valence-electron chi connectivity index (χ2n) is 2.31. The van der Waals surface area contributed by atoms with Crippen LogP contribution in [0.1, 0.15) is 19.4 Å². The molecule has 1 aromatic carbocycles. The summed E-state index contributed by atoms with van der Waals surface area (Å²) in [6, 6.07) is 1.11. The highest BCUT2D eigenvalue weighted by Crippen LogP contribution is 2.28. The normalized spacial score (nSPS) is 9.07. The van der Waals surface area contributed by atoms with Gasteiger partial charge in [-0.15, -0.1) is 0 Å². The van der Waals surface area contributed by atoms with Gasteiger partial charge in [0.15, 0.2) is 11.6 Å². The van der Waals surface area contributed by atoms with Crippen LogP contribution in [0.4, 0.5) is 8.78 Å². The van der Waals surface area contributed by atoms with Gasteiger partial charge in [-0.05, 0) is 6.92 Å². The van der Waals surface area contributed by atoms with Gasteiger partial charge in [0, 0.05) is 11.6 Å². The molecule has 14 heavy (non-hydrogen) atoms. The Hall–Kier alpha value is -0.830. The van der Waals surface area contributed by atoms with Gasteiger partial charge in [0.05, 0.1) is 12.1 Å². The molecule has 0 aliphatic heterocycles. The highest BCUT2D eigenvalue weighted by Gasteiger charge is 2.13. The Balaban J connectivity index is 0.000000791. The monoisotopic (exact) mass is 222 g/mol. The van der Waals surface area contributed by atoms with Crippen LogP contribution in [0.2, 0.25) is 5.02 Å². The van der Waals surface area contributed by atoms with Crippen LogP contribution in [0.25, 0.3) is 0 Å². The number of hydrogen-bond acceptors (Lipinski definition) is 1. The molecule has 0 spiro atoms. The van der Waals surface area contributed by atoms with Crippen molar-refractivity contribution in [2.24, 2.45) is 0 Å². The Morgan fingerprint density at radius 1 is 1.21 bits per heavy atom. The minimum absolute atomic E-state index is 0.0427. The van der Waals surface area contributed by atoms with E-state index in [1.54, 1.807) is 0 Å². The van der Waals surface area contributed by atoms with E-state index in [0.29, 0.717) is 0 Å². The molecule has 0 heterocycles. The van der Waals surface area contributed by atoms with E-state index in [0.717, 1.165) is 6.07 Å². The Kier molecular flexibility index (Phi) is 5.46. The quantitative estimate of drug-likeness (QED) is 0.654. The molecular formula is C10H13ClF2O. The fourth-order valence-electron chi connectivity index (χ4n) is 0.851. The summed E-state index contributed by atoms with van der Waals surface area (Å²) in [5.41, 5.74) is -0.126. The number of halogens is 3. The van der Waals surface area contributed by atoms with Crippen LogP contribution in [-0.2, 0) is 0 Å². The summed E-state index contributed by atoms with van der Waals surface area (Å²) >= 11 is 5.45. The molecule has 80 valence electrons. The van der Waals surface area contributed by atoms with Crippen LogP contribution in [-0.4, -0.2) is 7.11 Å². The van der Waals surface area contributed by atoms with E-state index in [1.165, 1.54) is 14.0 Å². The lowest BCUT2D eigenvalue weighted by Crippen LogP contribution is -1.95. The molecule has 1 aromatic rings. The summed E-state index contributed by atoms with van der Waals surface area (Å²) < 4.78 is 30.5. The van der Waals surface area contributed by atoms with Crippen molar-refractivity contribution in [1.29, 1.82) is 0 Å². The van der Waals surface area contributed by atoms with E-state index < -0.39 is 11.6 Å². The van der Waals surface area contributed by atoms with Crippen molar-refractivity contribution in [2.45, 2.75) is 20.8 Å². The second-order valence-corrected chi connectivity index (χ2v) is 2.72. The van der Waals surface area contributed by atoms with E-state index in [-0.39, 0.29) is 16.3 Å².